The van der Waals surface area contributed by atoms with Crippen LogP contribution in [0.15, 0.2) is 6.20 Å². The lowest BCUT2D eigenvalue weighted by Gasteiger charge is -2.03. The number of aromatic nitrogens is 2. The smallest absolute Gasteiger partial charge is 0.308 e. The van der Waals surface area contributed by atoms with Crippen LogP contribution in [0.5, 0.6) is 5.75 Å². The summed E-state index contributed by atoms with van der Waals surface area (Å²) >= 11 is 0. The van der Waals surface area contributed by atoms with Gasteiger partial charge in [-0.2, -0.15) is 5.10 Å². The van der Waals surface area contributed by atoms with Crippen molar-refractivity contribution in [1.82, 2.24) is 9.78 Å². The van der Waals surface area contributed by atoms with Crippen LogP contribution in [0, 0.1) is 0 Å². The van der Waals surface area contributed by atoms with Crippen LogP contribution in [0.1, 0.15) is 19.0 Å². The molecular formula is C7H8F2N2O2. The van der Waals surface area contributed by atoms with Crippen molar-refractivity contribution in [2.75, 3.05) is 0 Å². The molecule has 6 heteroatoms. The highest BCUT2D eigenvalue weighted by Crippen LogP contribution is 2.27. The van der Waals surface area contributed by atoms with Gasteiger partial charge in [0, 0.05) is 14.0 Å². The predicted octanol–water partition coefficient (Wildman–Crippen LogP) is 1.28. The summed E-state index contributed by atoms with van der Waals surface area (Å²) in [4.78, 5) is 10.5. The third kappa shape index (κ3) is 2.01. The number of hydrogen-bond donors (Lipinski definition) is 0. The monoisotopic (exact) mass is 190 g/mol. The minimum absolute atomic E-state index is 0.190. The molecule has 0 atom stereocenters. The summed E-state index contributed by atoms with van der Waals surface area (Å²) in [7, 11) is 1.36. The van der Waals surface area contributed by atoms with Crippen molar-refractivity contribution >= 4 is 5.97 Å². The van der Waals surface area contributed by atoms with Crippen molar-refractivity contribution in [3.8, 4) is 5.75 Å². The van der Waals surface area contributed by atoms with Gasteiger partial charge in [0.1, 0.15) is 5.69 Å². The quantitative estimate of drug-likeness (QED) is 0.660. The van der Waals surface area contributed by atoms with Crippen LogP contribution in [0.4, 0.5) is 8.78 Å². The van der Waals surface area contributed by atoms with E-state index < -0.39 is 18.1 Å². The number of ether oxygens (including phenoxy) is 1. The standard InChI is InChI=1S/C7H8F2N2O2/c1-4(12)13-5-3-10-11(2)6(5)7(8)9/h3,7H,1-2H3. The first-order chi connectivity index (χ1) is 6.02. The first-order valence-corrected chi connectivity index (χ1v) is 3.51. The van der Waals surface area contributed by atoms with Crippen LogP contribution in [0.3, 0.4) is 0 Å². The third-order valence-electron chi connectivity index (χ3n) is 1.41. The molecule has 13 heavy (non-hydrogen) atoms. The van der Waals surface area contributed by atoms with Gasteiger partial charge in [0.15, 0.2) is 5.75 Å². The Hall–Kier alpha value is -1.46. The summed E-state index contributed by atoms with van der Waals surface area (Å²) in [6.07, 6.45) is -1.62. The molecule has 0 saturated carbocycles. The Morgan fingerprint density at radius 3 is 2.77 bits per heavy atom. The molecule has 0 bridgehead atoms. The second kappa shape index (κ2) is 3.51. The molecule has 1 rings (SSSR count). The molecule has 0 aromatic carbocycles. The summed E-state index contributed by atoms with van der Waals surface area (Å²) in [6.45, 7) is 1.14. The van der Waals surface area contributed by atoms with Gasteiger partial charge >= 0.3 is 5.97 Å². The maximum atomic E-state index is 12.3. The third-order valence-corrected chi connectivity index (χ3v) is 1.41. The number of hydrogen-bond acceptors (Lipinski definition) is 3. The molecule has 0 N–H and O–H groups in total. The van der Waals surface area contributed by atoms with Gasteiger partial charge < -0.3 is 4.74 Å². The maximum Gasteiger partial charge on any atom is 0.308 e. The summed E-state index contributed by atoms with van der Waals surface area (Å²) < 4.78 is 30.1. The van der Waals surface area contributed by atoms with E-state index in [1.54, 1.807) is 0 Å². The second-order valence-electron chi connectivity index (χ2n) is 2.41. The molecule has 0 radical (unpaired) electrons. The van der Waals surface area contributed by atoms with Crippen molar-refractivity contribution in [3.05, 3.63) is 11.9 Å². The number of carbonyl (C=O) groups is 1. The number of carbonyl (C=O) groups excluding carboxylic acids is 1. The first-order valence-electron chi connectivity index (χ1n) is 3.51. The van der Waals surface area contributed by atoms with E-state index in [1.807, 2.05) is 0 Å². The Labute approximate surface area is 73.1 Å². The first kappa shape index (κ1) is 9.63. The number of aryl methyl sites for hydroxylation is 1. The lowest BCUT2D eigenvalue weighted by atomic mass is 10.4. The van der Waals surface area contributed by atoms with Gasteiger partial charge in [-0.05, 0) is 0 Å². The van der Waals surface area contributed by atoms with E-state index in [1.165, 1.54) is 7.05 Å². The van der Waals surface area contributed by atoms with Gasteiger partial charge in [-0.15, -0.1) is 0 Å². The van der Waals surface area contributed by atoms with Crippen molar-refractivity contribution in [2.24, 2.45) is 7.05 Å². The Bertz CT molecular complexity index is 322. The highest BCUT2D eigenvalue weighted by atomic mass is 19.3. The average molecular weight is 190 g/mol. The Morgan fingerprint density at radius 1 is 1.69 bits per heavy atom. The SMILES string of the molecule is CC(=O)Oc1cnn(C)c1C(F)F. The molecule has 4 nitrogen and oxygen atoms in total. The van der Waals surface area contributed by atoms with Crippen molar-refractivity contribution in [3.63, 3.8) is 0 Å². The Morgan fingerprint density at radius 2 is 2.31 bits per heavy atom. The Kier molecular flexibility index (Phi) is 2.60. The lowest BCUT2D eigenvalue weighted by molar-refractivity contribution is -0.132. The second-order valence-corrected chi connectivity index (χ2v) is 2.41. The van der Waals surface area contributed by atoms with Crippen LogP contribution in [0.25, 0.3) is 0 Å². The van der Waals surface area contributed by atoms with E-state index >= 15 is 0 Å². The van der Waals surface area contributed by atoms with E-state index in [2.05, 4.69) is 9.84 Å². The molecule has 72 valence electrons. The van der Waals surface area contributed by atoms with Gasteiger partial charge in [-0.1, -0.05) is 0 Å². The summed E-state index contributed by atoms with van der Waals surface area (Å²) in [5.74, 6) is -0.833. The molecule has 0 saturated heterocycles. The van der Waals surface area contributed by atoms with E-state index in [0.29, 0.717) is 0 Å². The molecule has 0 amide bonds. The van der Waals surface area contributed by atoms with Crippen LogP contribution < -0.4 is 4.74 Å². The van der Waals surface area contributed by atoms with Crippen molar-refractivity contribution in [1.29, 1.82) is 0 Å². The topological polar surface area (TPSA) is 44.1 Å². The zero-order valence-electron chi connectivity index (χ0n) is 7.12. The molecule has 1 heterocycles. The summed E-state index contributed by atoms with van der Waals surface area (Å²) in [5.41, 5.74) is -0.393. The molecule has 0 fully saturated rings. The van der Waals surface area contributed by atoms with Crippen LogP contribution in [0.2, 0.25) is 0 Å². The largest absolute Gasteiger partial charge is 0.423 e. The fourth-order valence-corrected chi connectivity index (χ4v) is 0.909. The van der Waals surface area contributed by atoms with Crippen molar-refractivity contribution in [2.45, 2.75) is 13.3 Å². The fourth-order valence-electron chi connectivity index (χ4n) is 0.909. The van der Waals surface area contributed by atoms with Gasteiger partial charge in [0.2, 0.25) is 0 Å². The summed E-state index contributed by atoms with van der Waals surface area (Å²) in [5, 5.41) is 3.55. The highest BCUT2D eigenvalue weighted by Gasteiger charge is 2.20. The predicted molar refractivity (Wildman–Crippen MR) is 39.5 cm³/mol. The molecule has 0 aliphatic rings. The van der Waals surface area contributed by atoms with E-state index in [0.717, 1.165) is 17.8 Å². The minimum atomic E-state index is -2.71. The Balaban J connectivity index is 3.00. The molecule has 0 spiro atoms. The highest BCUT2D eigenvalue weighted by molar-refractivity contribution is 5.69. The number of alkyl halides is 2. The molecule has 0 aliphatic heterocycles. The van der Waals surface area contributed by atoms with Crippen molar-refractivity contribution < 1.29 is 18.3 Å². The normalized spacial score (nSPS) is 10.5. The van der Waals surface area contributed by atoms with Crippen LogP contribution in [-0.4, -0.2) is 15.7 Å². The number of halogens is 2. The molecule has 1 aromatic rings. The maximum absolute atomic E-state index is 12.3. The molecule has 0 aliphatic carbocycles. The fraction of sp³-hybridized carbons (Fsp3) is 0.429. The van der Waals surface area contributed by atoms with Gasteiger partial charge in [0.25, 0.3) is 6.43 Å². The number of rotatable bonds is 2. The zero-order valence-corrected chi connectivity index (χ0v) is 7.12. The van der Waals surface area contributed by atoms with Crippen LogP contribution in [-0.2, 0) is 11.8 Å². The minimum Gasteiger partial charge on any atom is -0.423 e. The number of nitrogens with zero attached hydrogens (tertiary/aromatic N) is 2. The van der Waals surface area contributed by atoms with E-state index in [-0.39, 0.29) is 5.75 Å². The van der Waals surface area contributed by atoms with Gasteiger partial charge in [-0.3, -0.25) is 9.48 Å². The molecule has 1 aromatic heterocycles. The van der Waals surface area contributed by atoms with E-state index in [4.69, 9.17) is 0 Å². The lowest BCUT2D eigenvalue weighted by Crippen LogP contribution is -2.05. The number of esters is 1. The molecular weight excluding hydrogens is 182 g/mol. The van der Waals surface area contributed by atoms with Gasteiger partial charge in [0.05, 0.1) is 6.20 Å². The average Bonchev–Trinajstić information content (AvgIpc) is 2.30. The van der Waals surface area contributed by atoms with Crippen LogP contribution >= 0.6 is 0 Å². The summed E-state index contributed by atoms with van der Waals surface area (Å²) in [6, 6.07) is 0. The van der Waals surface area contributed by atoms with Gasteiger partial charge in [-0.25, -0.2) is 8.78 Å². The molecule has 0 unspecified atom stereocenters. The van der Waals surface area contributed by atoms with E-state index in [9.17, 15) is 13.6 Å². The zero-order chi connectivity index (χ0) is 10.0.